The smallest absolute Gasteiger partial charge is 0.242 e. The van der Waals surface area contributed by atoms with E-state index in [9.17, 15) is 8.42 Å². The zero-order chi connectivity index (χ0) is 13.8. The van der Waals surface area contributed by atoms with Crippen LogP contribution in [0.2, 0.25) is 0 Å². The molecule has 0 fully saturated rings. The Hall–Kier alpha value is -0.560. The van der Waals surface area contributed by atoms with Crippen LogP contribution in [0, 0.1) is 0 Å². The molecule has 18 heavy (non-hydrogen) atoms. The number of sulfonamides is 1. The summed E-state index contributed by atoms with van der Waals surface area (Å²) in [4.78, 5) is 0.339. The van der Waals surface area contributed by atoms with Gasteiger partial charge in [0.05, 0.1) is 4.90 Å². The first-order chi connectivity index (χ1) is 8.34. The van der Waals surface area contributed by atoms with Crippen molar-refractivity contribution < 1.29 is 8.42 Å². The Kier molecular flexibility index (Phi) is 5.65. The van der Waals surface area contributed by atoms with E-state index in [1.54, 1.807) is 30.0 Å². The fourth-order valence-electron chi connectivity index (χ4n) is 1.37. The fourth-order valence-corrected chi connectivity index (χ4v) is 3.25. The Morgan fingerprint density at radius 3 is 2.61 bits per heavy atom. The molecule has 0 aliphatic heterocycles. The summed E-state index contributed by atoms with van der Waals surface area (Å²) in [6.07, 6.45) is 0. The summed E-state index contributed by atoms with van der Waals surface area (Å²) in [6, 6.07) is 7.21. The van der Waals surface area contributed by atoms with E-state index >= 15 is 0 Å². The number of nitrogens with zero attached hydrogens (tertiary/aromatic N) is 1. The molecule has 0 heterocycles. The minimum atomic E-state index is -3.34. The molecule has 1 unspecified atom stereocenters. The zero-order valence-corrected chi connectivity index (χ0v) is 12.6. The van der Waals surface area contributed by atoms with Crippen molar-refractivity contribution in [2.24, 2.45) is 5.73 Å². The van der Waals surface area contributed by atoms with Crippen LogP contribution in [0.1, 0.15) is 12.5 Å². The van der Waals surface area contributed by atoms with Crippen molar-refractivity contribution in [3.8, 4) is 0 Å². The molecule has 0 amide bonds. The molecular weight excluding hydrogens is 268 g/mol. The summed E-state index contributed by atoms with van der Waals surface area (Å²) in [5.74, 6) is 1.64. The Morgan fingerprint density at radius 2 is 2.06 bits per heavy atom. The second-order valence-corrected chi connectivity index (χ2v) is 7.61. The summed E-state index contributed by atoms with van der Waals surface area (Å²) in [7, 11) is -0.272. The van der Waals surface area contributed by atoms with E-state index < -0.39 is 10.0 Å². The molecule has 102 valence electrons. The summed E-state index contributed by atoms with van der Waals surface area (Å²) < 4.78 is 25.2. The molecule has 0 saturated heterocycles. The predicted octanol–water partition coefficient (Wildman–Crippen LogP) is 1.52. The molecule has 0 aliphatic carbocycles. The molecule has 1 atom stereocenters. The van der Waals surface area contributed by atoms with Gasteiger partial charge in [0.1, 0.15) is 0 Å². The van der Waals surface area contributed by atoms with Crippen LogP contribution in [0.25, 0.3) is 0 Å². The topological polar surface area (TPSA) is 63.4 Å². The lowest BCUT2D eigenvalue weighted by molar-refractivity contribution is 0.520. The van der Waals surface area contributed by atoms with Gasteiger partial charge in [-0.1, -0.05) is 12.1 Å². The van der Waals surface area contributed by atoms with E-state index in [0.717, 1.165) is 17.1 Å². The van der Waals surface area contributed by atoms with Crippen molar-refractivity contribution in [1.82, 2.24) is 4.31 Å². The SMILES string of the molecule is CC(N)CSCc1cccc(S(=O)(=O)N(C)C)c1. The van der Waals surface area contributed by atoms with Gasteiger partial charge >= 0.3 is 0 Å². The number of thioether (sulfide) groups is 1. The molecule has 0 bridgehead atoms. The molecular formula is C12H20N2O2S2. The van der Waals surface area contributed by atoms with Gasteiger partial charge in [-0.05, 0) is 24.6 Å². The second-order valence-electron chi connectivity index (χ2n) is 4.43. The normalized spacial score (nSPS) is 13.8. The highest BCUT2D eigenvalue weighted by Gasteiger charge is 2.16. The molecule has 0 radical (unpaired) electrons. The minimum absolute atomic E-state index is 0.156. The quantitative estimate of drug-likeness (QED) is 0.862. The van der Waals surface area contributed by atoms with Crippen LogP contribution < -0.4 is 5.73 Å². The van der Waals surface area contributed by atoms with Crippen molar-refractivity contribution in [3.63, 3.8) is 0 Å². The lowest BCUT2D eigenvalue weighted by Gasteiger charge is -2.12. The maximum absolute atomic E-state index is 12.0. The molecule has 0 aromatic heterocycles. The van der Waals surface area contributed by atoms with Gasteiger partial charge in [0.2, 0.25) is 10.0 Å². The molecule has 0 aliphatic rings. The van der Waals surface area contributed by atoms with Crippen molar-refractivity contribution >= 4 is 21.8 Å². The minimum Gasteiger partial charge on any atom is -0.327 e. The summed E-state index contributed by atoms with van der Waals surface area (Å²) >= 11 is 1.71. The van der Waals surface area contributed by atoms with E-state index in [2.05, 4.69) is 0 Å². The van der Waals surface area contributed by atoms with E-state index in [-0.39, 0.29) is 6.04 Å². The number of rotatable bonds is 6. The summed E-state index contributed by atoms with van der Waals surface area (Å²) in [6.45, 7) is 1.96. The zero-order valence-electron chi connectivity index (χ0n) is 11.0. The Morgan fingerprint density at radius 1 is 1.39 bits per heavy atom. The molecule has 1 aromatic rings. The first-order valence-corrected chi connectivity index (χ1v) is 8.28. The highest BCUT2D eigenvalue weighted by Crippen LogP contribution is 2.18. The van der Waals surface area contributed by atoms with Crippen LogP contribution in [0.5, 0.6) is 0 Å². The highest BCUT2D eigenvalue weighted by atomic mass is 32.2. The van der Waals surface area contributed by atoms with Crippen LogP contribution >= 0.6 is 11.8 Å². The Labute approximate surface area is 114 Å². The average molecular weight is 288 g/mol. The van der Waals surface area contributed by atoms with Crippen LogP contribution in [0.4, 0.5) is 0 Å². The first-order valence-electron chi connectivity index (χ1n) is 5.69. The van der Waals surface area contributed by atoms with Gasteiger partial charge in [-0.2, -0.15) is 11.8 Å². The van der Waals surface area contributed by atoms with E-state index in [1.807, 2.05) is 13.0 Å². The largest absolute Gasteiger partial charge is 0.327 e. The lowest BCUT2D eigenvalue weighted by atomic mass is 10.2. The van der Waals surface area contributed by atoms with Gasteiger partial charge in [0, 0.05) is 31.6 Å². The van der Waals surface area contributed by atoms with Gasteiger partial charge in [0.15, 0.2) is 0 Å². The molecule has 4 nitrogen and oxygen atoms in total. The van der Waals surface area contributed by atoms with Gasteiger partial charge in [-0.3, -0.25) is 0 Å². The molecule has 0 saturated carbocycles. The first kappa shape index (κ1) is 15.5. The number of hydrogen-bond acceptors (Lipinski definition) is 4. The third-order valence-corrected chi connectivity index (χ3v) is 5.44. The Bertz CT molecular complexity index is 485. The lowest BCUT2D eigenvalue weighted by Crippen LogP contribution is -2.22. The standard InChI is InChI=1S/C12H20N2O2S2/c1-10(13)8-17-9-11-5-4-6-12(7-11)18(15,16)14(2)3/h4-7,10H,8-9,13H2,1-3H3. The van der Waals surface area contributed by atoms with Gasteiger partial charge in [0.25, 0.3) is 0 Å². The van der Waals surface area contributed by atoms with Crippen LogP contribution in [-0.2, 0) is 15.8 Å². The van der Waals surface area contributed by atoms with Crippen LogP contribution in [-0.4, -0.2) is 38.6 Å². The highest BCUT2D eigenvalue weighted by molar-refractivity contribution is 7.98. The number of benzene rings is 1. The van der Waals surface area contributed by atoms with Crippen LogP contribution in [0.3, 0.4) is 0 Å². The number of nitrogens with two attached hydrogens (primary N) is 1. The average Bonchev–Trinajstić information content (AvgIpc) is 2.28. The molecule has 1 aromatic carbocycles. The van der Waals surface area contributed by atoms with Crippen molar-refractivity contribution in [1.29, 1.82) is 0 Å². The molecule has 2 N–H and O–H groups in total. The third kappa shape index (κ3) is 4.28. The van der Waals surface area contributed by atoms with Gasteiger partial charge in [-0.15, -0.1) is 0 Å². The maximum atomic E-state index is 12.0. The summed E-state index contributed by atoms with van der Waals surface area (Å²) in [5.41, 5.74) is 6.68. The predicted molar refractivity (Wildman–Crippen MR) is 77.1 cm³/mol. The summed E-state index contributed by atoms with van der Waals surface area (Å²) in [5, 5.41) is 0. The van der Waals surface area contributed by atoms with Crippen molar-refractivity contribution in [3.05, 3.63) is 29.8 Å². The van der Waals surface area contributed by atoms with Crippen LogP contribution in [0.15, 0.2) is 29.2 Å². The number of hydrogen-bond donors (Lipinski definition) is 1. The third-order valence-electron chi connectivity index (χ3n) is 2.33. The molecule has 6 heteroatoms. The van der Waals surface area contributed by atoms with Crippen molar-refractivity contribution in [2.45, 2.75) is 23.6 Å². The molecule has 0 spiro atoms. The van der Waals surface area contributed by atoms with Gasteiger partial charge in [-0.25, -0.2) is 12.7 Å². The monoisotopic (exact) mass is 288 g/mol. The van der Waals surface area contributed by atoms with E-state index in [1.165, 1.54) is 18.4 Å². The van der Waals surface area contributed by atoms with E-state index in [4.69, 9.17) is 5.73 Å². The maximum Gasteiger partial charge on any atom is 0.242 e. The van der Waals surface area contributed by atoms with Crippen molar-refractivity contribution in [2.75, 3.05) is 19.8 Å². The van der Waals surface area contributed by atoms with Gasteiger partial charge < -0.3 is 5.73 Å². The fraction of sp³-hybridized carbons (Fsp3) is 0.500. The van der Waals surface area contributed by atoms with E-state index in [0.29, 0.717) is 4.90 Å². The molecule has 1 rings (SSSR count). The second kappa shape index (κ2) is 6.56. The Balaban J connectivity index is 2.80.